The van der Waals surface area contributed by atoms with Gasteiger partial charge >= 0.3 is 0 Å². The molecule has 0 radical (unpaired) electrons. The van der Waals surface area contributed by atoms with Crippen molar-refractivity contribution in [1.82, 2.24) is 0 Å². The topological polar surface area (TPSA) is 18.5 Å². The van der Waals surface area contributed by atoms with Gasteiger partial charge in [-0.3, -0.25) is 0 Å². The number of rotatable bonds is 0. The van der Waals surface area contributed by atoms with E-state index in [9.17, 15) is 0 Å². The van der Waals surface area contributed by atoms with Crippen LogP contribution in [0.25, 0.3) is 0 Å². The average molecular weight is 197 g/mol. The number of hydrogen-bond donors (Lipinski definition) is 0. The molecular formula is C10H9ClO2. The van der Waals surface area contributed by atoms with Crippen LogP contribution in [0.5, 0.6) is 0 Å². The highest BCUT2D eigenvalue weighted by molar-refractivity contribution is 6.30. The van der Waals surface area contributed by atoms with Crippen molar-refractivity contribution < 1.29 is 9.47 Å². The first kappa shape index (κ1) is 9.68. The number of hydrogen-bond acceptors (Lipinski definition) is 2. The summed E-state index contributed by atoms with van der Waals surface area (Å²) in [5, 5.41) is 0.794. The maximum atomic E-state index is 5.54. The Bertz CT molecular complexity index is 260. The van der Waals surface area contributed by atoms with Crippen LogP contribution in [0, 0.1) is 0 Å². The predicted molar refractivity (Wildman–Crippen MR) is 51.9 cm³/mol. The van der Waals surface area contributed by atoms with Crippen LogP contribution in [0.2, 0.25) is 5.02 Å². The molecular weight excluding hydrogens is 188 g/mol. The summed E-state index contributed by atoms with van der Waals surface area (Å²) in [6.07, 6.45) is 5.83. The summed E-state index contributed by atoms with van der Waals surface area (Å²) >= 11 is 5.54. The van der Waals surface area contributed by atoms with E-state index in [1.165, 1.54) is 25.0 Å². The second-order valence-corrected chi connectivity index (χ2v) is 2.55. The summed E-state index contributed by atoms with van der Waals surface area (Å²) in [4.78, 5) is 0. The molecule has 0 aromatic heterocycles. The quantitative estimate of drug-likeness (QED) is 0.634. The molecule has 0 saturated heterocycles. The molecule has 3 heteroatoms. The standard InChI is InChI=1S/C6H5Cl.C4H4O2/c7-6-4-2-1-3-5-6;1-2-6-4-3-5-1/h1-5H;1-4H. The minimum absolute atomic E-state index is 0.794. The SMILES string of the molecule is C1=COC=CO1.Clc1ccccc1. The van der Waals surface area contributed by atoms with Crippen LogP contribution in [0.4, 0.5) is 0 Å². The molecule has 0 spiro atoms. The molecule has 1 aromatic carbocycles. The first-order chi connectivity index (χ1) is 6.39. The highest BCUT2D eigenvalue weighted by Crippen LogP contribution is 2.03. The minimum atomic E-state index is 0.794. The van der Waals surface area contributed by atoms with E-state index in [1.54, 1.807) is 0 Å². The van der Waals surface area contributed by atoms with Crippen LogP contribution in [-0.2, 0) is 9.47 Å². The maximum absolute atomic E-state index is 5.54. The lowest BCUT2D eigenvalue weighted by Crippen LogP contribution is -1.74. The first-order valence-electron chi connectivity index (χ1n) is 3.71. The molecule has 0 atom stereocenters. The van der Waals surface area contributed by atoms with Crippen LogP contribution in [0.1, 0.15) is 0 Å². The van der Waals surface area contributed by atoms with E-state index in [2.05, 4.69) is 9.47 Å². The second-order valence-electron chi connectivity index (χ2n) is 2.11. The molecule has 0 fully saturated rings. The molecule has 0 aliphatic carbocycles. The summed E-state index contributed by atoms with van der Waals surface area (Å²) in [5.41, 5.74) is 0. The van der Waals surface area contributed by atoms with Crippen molar-refractivity contribution in [1.29, 1.82) is 0 Å². The molecule has 0 saturated carbocycles. The van der Waals surface area contributed by atoms with Crippen molar-refractivity contribution in [3.8, 4) is 0 Å². The Morgan fingerprint density at radius 3 is 1.46 bits per heavy atom. The van der Waals surface area contributed by atoms with E-state index in [-0.39, 0.29) is 0 Å². The lowest BCUT2D eigenvalue weighted by Gasteiger charge is -1.94. The third kappa shape index (κ3) is 4.93. The number of benzene rings is 1. The summed E-state index contributed by atoms with van der Waals surface area (Å²) in [7, 11) is 0. The van der Waals surface area contributed by atoms with Crippen molar-refractivity contribution in [3.05, 3.63) is 60.4 Å². The minimum Gasteiger partial charge on any atom is -0.466 e. The Labute approximate surface area is 82.0 Å². The summed E-state index contributed by atoms with van der Waals surface area (Å²) in [5.74, 6) is 0. The van der Waals surface area contributed by atoms with Gasteiger partial charge in [0.2, 0.25) is 0 Å². The van der Waals surface area contributed by atoms with Crippen LogP contribution < -0.4 is 0 Å². The normalized spacial score (nSPS) is 12.1. The zero-order chi connectivity index (χ0) is 9.36. The third-order valence-electron chi connectivity index (χ3n) is 1.16. The Morgan fingerprint density at radius 2 is 1.23 bits per heavy atom. The lowest BCUT2D eigenvalue weighted by atomic mass is 10.4. The number of ether oxygens (including phenoxy) is 2. The van der Waals surface area contributed by atoms with Gasteiger partial charge in [0.1, 0.15) is 25.0 Å². The molecule has 2 rings (SSSR count). The molecule has 1 aliphatic rings. The molecule has 0 bridgehead atoms. The van der Waals surface area contributed by atoms with Crippen LogP contribution in [0.15, 0.2) is 55.4 Å². The smallest absolute Gasteiger partial charge is 0.125 e. The molecule has 0 unspecified atom stereocenters. The van der Waals surface area contributed by atoms with E-state index in [1.807, 2.05) is 30.3 Å². The maximum Gasteiger partial charge on any atom is 0.125 e. The second kappa shape index (κ2) is 6.14. The van der Waals surface area contributed by atoms with Crippen LogP contribution >= 0.6 is 11.6 Å². The van der Waals surface area contributed by atoms with Gasteiger partial charge in [-0.05, 0) is 12.1 Å². The molecule has 2 nitrogen and oxygen atoms in total. The number of halogens is 1. The third-order valence-corrected chi connectivity index (χ3v) is 1.41. The van der Waals surface area contributed by atoms with Crippen molar-refractivity contribution in [2.45, 2.75) is 0 Å². The van der Waals surface area contributed by atoms with E-state index < -0.39 is 0 Å². The van der Waals surface area contributed by atoms with E-state index in [4.69, 9.17) is 11.6 Å². The highest BCUT2D eigenvalue weighted by Gasteiger charge is 1.75. The monoisotopic (exact) mass is 196 g/mol. The van der Waals surface area contributed by atoms with Gasteiger partial charge in [-0.1, -0.05) is 29.8 Å². The fourth-order valence-corrected chi connectivity index (χ4v) is 0.779. The van der Waals surface area contributed by atoms with Gasteiger partial charge in [0.25, 0.3) is 0 Å². The Hall–Kier alpha value is -1.41. The van der Waals surface area contributed by atoms with Crippen LogP contribution in [0.3, 0.4) is 0 Å². The molecule has 1 aromatic rings. The van der Waals surface area contributed by atoms with Gasteiger partial charge in [0, 0.05) is 5.02 Å². The van der Waals surface area contributed by atoms with Gasteiger partial charge in [0.15, 0.2) is 0 Å². The fraction of sp³-hybridized carbons (Fsp3) is 0. The van der Waals surface area contributed by atoms with Crippen molar-refractivity contribution >= 4 is 11.6 Å². The summed E-state index contributed by atoms with van der Waals surface area (Å²) in [6, 6.07) is 9.44. The van der Waals surface area contributed by atoms with Gasteiger partial charge < -0.3 is 9.47 Å². The molecule has 0 N–H and O–H groups in total. The molecule has 68 valence electrons. The zero-order valence-electron chi connectivity index (χ0n) is 6.89. The van der Waals surface area contributed by atoms with Gasteiger partial charge in [0.05, 0.1) is 0 Å². The van der Waals surface area contributed by atoms with Crippen molar-refractivity contribution in [3.63, 3.8) is 0 Å². The average Bonchev–Trinajstić information content (AvgIpc) is 2.22. The first-order valence-corrected chi connectivity index (χ1v) is 4.09. The largest absolute Gasteiger partial charge is 0.466 e. The van der Waals surface area contributed by atoms with E-state index >= 15 is 0 Å². The Kier molecular flexibility index (Phi) is 4.57. The van der Waals surface area contributed by atoms with Gasteiger partial charge in [-0.25, -0.2) is 0 Å². The van der Waals surface area contributed by atoms with Crippen molar-refractivity contribution in [2.24, 2.45) is 0 Å². The summed E-state index contributed by atoms with van der Waals surface area (Å²) < 4.78 is 9.17. The highest BCUT2D eigenvalue weighted by atomic mass is 35.5. The molecule has 1 heterocycles. The fourth-order valence-electron chi connectivity index (χ4n) is 0.634. The van der Waals surface area contributed by atoms with Gasteiger partial charge in [-0.2, -0.15) is 0 Å². The summed E-state index contributed by atoms with van der Waals surface area (Å²) in [6.45, 7) is 0. The Morgan fingerprint density at radius 1 is 0.769 bits per heavy atom. The lowest BCUT2D eigenvalue weighted by molar-refractivity contribution is 0.290. The molecule has 1 aliphatic heterocycles. The van der Waals surface area contributed by atoms with Crippen LogP contribution in [-0.4, -0.2) is 0 Å². The van der Waals surface area contributed by atoms with Crippen molar-refractivity contribution in [2.75, 3.05) is 0 Å². The van der Waals surface area contributed by atoms with E-state index in [0.717, 1.165) is 5.02 Å². The molecule has 13 heavy (non-hydrogen) atoms. The zero-order valence-corrected chi connectivity index (χ0v) is 7.65. The van der Waals surface area contributed by atoms with E-state index in [0.29, 0.717) is 0 Å². The molecule has 0 amide bonds. The van der Waals surface area contributed by atoms with Gasteiger partial charge in [-0.15, -0.1) is 0 Å². The predicted octanol–water partition coefficient (Wildman–Crippen LogP) is 3.32. The Balaban J connectivity index is 0.000000132.